The van der Waals surface area contributed by atoms with Gasteiger partial charge in [0.05, 0.1) is 30.8 Å². The molecule has 1 heterocycles. The normalized spacial score (nSPS) is 18.9. The lowest BCUT2D eigenvalue weighted by atomic mass is 9.89. The molecule has 1 atom stereocenters. The molecule has 0 spiro atoms. The first-order valence-electron chi connectivity index (χ1n) is 9.65. The number of ether oxygens (including phenoxy) is 2. The van der Waals surface area contributed by atoms with E-state index in [0.717, 1.165) is 32.8 Å². The average Bonchev–Trinajstić information content (AvgIpc) is 2.56. The first kappa shape index (κ1) is 24.5. The summed E-state index contributed by atoms with van der Waals surface area (Å²) in [6.45, 7) is 15.6. The van der Waals surface area contributed by atoms with E-state index in [1.807, 2.05) is 13.8 Å². The topological polar surface area (TPSA) is 86.3 Å². The number of esters is 1. The van der Waals surface area contributed by atoms with E-state index in [0.29, 0.717) is 6.42 Å². The van der Waals surface area contributed by atoms with Crippen molar-refractivity contribution >= 4 is 13.7 Å². The summed E-state index contributed by atoms with van der Waals surface area (Å²) in [6.07, 6.45) is 0.712. The Morgan fingerprint density at radius 1 is 1.19 bits per heavy atom. The van der Waals surface area contributed by atoms with Crippen LogP contribution in [0.15, 0.2) is 0 Å². The molecule has 27 heavy (non-hydrogen) atoms. The van der Waals surface area contributed by atoms with Crippen LogP contribution in [0.4, 0.5) is 0 Å². The molecule has 0 aromatic heterocycles. The lowest BCUT2D eigenvalue weighted by Crippen LogP contribution is -2.40. The van der Waals surface area contributed by atoms with Crippen molar-refractivity contribution in [1.82, 2.24) is 9.99 Å². The molecule has 0 aromatic rings. The Kier molecular flexibility index (Phi) is 9.89. The van der Waals surface area contributed by atoms with Crippen LogP contribution in [0.3, 0.4) is 0 Å². The molecule has 8 nitrogen and oxygen atoms in total. The highest BCUT2D eigenvalue weighted by molar-refractivity contribution is 7.51. The van der Waals surface area contributed by atoms with Gasteiger partial charge in [-0.15, -0.1) is 0 Å². The van der Waals surface area contributed by atoms with Gasteiger partial charge >= 0.3 is 13.7 Å². The van der Waals surface area contributed by atoms with Crippen LogP contribution >= 0.6 is 7.75 Å². The van der Waals surface area contributed by atoms with Gasteiger partial charge < -0.3 is 9.47 Å². The summed E-state index contributed by atoms with van der Waals surface area (Å²) in [4.78, 5) is 14.7. The van der Waals surface area contributed by atoms with Gasteiger partial charge in [0, 0.05) is 19.6 Å². The Bertz CT molecular complexity index is 501. The molecular formula is C18H37N2O6P. The Balaban J connectivity index is 2.37. The van der Waals surface area contributed by atoms with E-state index in [-0.39, 0.29) is 25.7 Å². The number of carbonyl (C=O) groups is 1. The van der Waals surface area contributed by atoms with Crippen molar-refractivity contribution in [3.63, 3.8) is 0 Å². The zero-order valence-corrected chi connectivity index (χ0v) is 18.6. The maximum Gasteiger partial charge on any atom is 0.406 e. The molecule has 1 rings (SSSR count). The van der Waals surface area contributed by atoms with Crippen molar-refractivity contribution in [3.05, 3.63) is 0 Å². The highest BCUT2D eigenvalue weighted by Crippen LogP contribution is 2.47. The Morgan fingerprint density at radius 3 is 2.37 bits per heavy atom. The quantitative estimate of drug-likeness (QED) is 0.317. The summed E-state index contributed by atoms with van der Waals surface area (Å²) < 4.78 is 34.1. The lowest BCUT2D eigenvalue weighted by Gasteiger charge is -2.30. The van der Waals surface area contributed by atoms with E-state index in [1.165, 1.54) is 0 Å². The van der Waals surface area contributed by atoms with Crippen LogP contribution in [0.1, 0.15) is 48.0 Å². The van der Waals surface area contributed by atoms with Gasteiger partial charge in [0.25, 0.3) is 0 Å². The molecule has 0 aromatic carbocycles. The maximum atomic E-state index is 12.6. The summed E-state index contributed by atoms with van der Waals surface area (Å²) >= 11 is 0. The fourth-order valence-electron chi connectivity index (χ4n) is 2.52. The predicted molar refractivity (Wildman–Crippen MR) is 105 cm³/mol. The second-order valence-electron chi connectivity index (χ2n) is 8.25. The van der Waals surface area contributed by atoms with Gasteiger partial charge in [-0.25, -0.2) is 9.65 Å². The Morgan fingerprint density at radius 2 is 1.81 bits per heavy atom. The summed E-state index contributed by atoms with van der Waals surface area (Å²) in [5.41, 5.74) is -1.19. The zero-order valence-electron chi connectivity index (χ0n) is 17.7. The first-order valence-corrected chi connectivity index (χ1v) is 11.2. The third-order valence-corrected chi connectivity index (χ3v) is 6.04. The van der Waals surface area contributed by atoms with Gasteiger partial charge in [-0.3, -0.25) is 18.7 Å². The third-order valence-electron chi connectivity index (χ3n) is 4.04. The SMILES string of the molecule is CCOP(=O)(NCCOC(=O)C(C)(C)CCN1CCOCC1)OC(C)(C)C. The van der Waals surface area contributed by atoms with Crippen molar-refractivity contribution in [1.29, 1.82) is 0 Å². The van der Waals surface area contributed by atoms with Crippen molar-refractivity contribution < 1.29 is 27.9 Å². The smallest absolute Gasteiger partial charge is 0.406 e. The van der Waals surface area contributed by atoms with Gasteiger partial charge in [-0.05, 0) is 54.5 Å². The predicted octanol–water partition coefficient (Wildman–Crippen LogP) is 2.83. The van der Waals surface area contributed by atoms with E-state index in [9.17, 15) is 9.36 Å². The standard InChI is InChI=1S/C18H37N2O6P/c1-7-25-27(22,26-17(2,3)4)19-9-13-24-16(21)18(5,6)8-10-20-11-14-23-15-12-20/h7-15H2,1-6H3,(H,19,22). The number of rotatable bonds is 11. The number of nitrogens with one attached hydrogen (secondary N) is 1. The van der Waals surface area contributed by atoms with Crippen molar-refractivity contribution in [3.8, 4) is 0 Å². The number of nitrogens with zero attached hydrogens (tertiary/aromatic N) is 1. The minimum atomic E-state index is -3.43. The molecule has 160 valence electrons. The summed E-state index contributed by atoms with van der Waals surface area (Å²) in [5.74, 6) is -0.263. The van der Waals surface area contributed by atoms with Crippen LogP contribution in [0, 0.1) is 5.41 Å². The molecule has 0 amide bonds. The molecule has 0 saturated carbocycles. The van der Waals surface area contributed by atoms with Gasteiger partial charge in [-0.2, -0.15) is 0 Å². The second kappa shape index (κ2) is 10.9. The maximum absolute atomic E-state index is 12.6. The van der Waals surface area contributed by atoms with Crippen LogP contribution in [0.2, 0.25) is 0 Å². The summed E-state index contributed by atoms with van der Waals surface area (Å²) in [5, 5.41) is 2.76. The highest BCUT2D eigenvalue weighted by atomic mass is 31.2. The number of carbonyl (C=O) groups excluding carboxylic acids is 1. The summed E-state index contributed by atoms with van der Waals surface area (Å²) in [6, 6.07) is 0. The van der Waals surface area contributed by atoms with Gasteiger partial charge in [0.15, 0.2) is 0 Å². The van der Waals surface area contributed by atoms with Gasteiger partial charge in [0.1, 0.15) is 6.61 Å². The molecule has 1 aliphatic rings. The monoisotopic (exact) mass is 408 g/mol. The molecular weight excluding hydrogens is 371 g/mol. The molecule has 9 heteroatoms. The second-order valence-corrected chi connectivity index (χ2v) is 10.0. The minimum Gasteiger partial charge on any atom is -0.464 e. The van der Waals surface area contributed by atoms with Crippen LogP contribution in [0.5, 0.6) is 0 Å². The van der Waals surface area contributed by atoms with Crippen LogP contribution in [-0.4, -0.2) is 69.1 Å². The van der Waals surface area contributed by atoms with Crippen molar-refractivity contribution in [2.75, 3.05) is 52.6 Å². The van der Waals surface area contributed by atoms with E-state index in [2.05, 4.69) is 9.99 Å². The lowest BCUT2D eigenvalue weighted by molar-refractivity contribution is -0.154. The Hall–Kier alpha value is -0.500. The molecule has 1 N–H and O–H groups in total. The zero-order chi connectivity index (χ0) is 20.6. The molecule has 1 saturated heterocycles. The molecule has 0 aliphatic carbocycles. The van der Waals surface area contributed by atoms with Crippen molar-refractivity contribution in [2.45, 2.75) is 53.6 Å². The summed E-state index contributed by atoms with van der Waals surface area (Å²) in [7, 11) is -3.43. The minimum absolute atomic E-state index is 0.102. The van der Waals surface area contributed by atoms with E-state index in [4.69, 9.17) is 18.5 Å². The molecule has 1 unspecified atom stereocenters. The molecule has 0 bridgehead atoms. The molecule has 0 radical (unpaired) electrons. The van der Waals surface area contributed by atoms with Crippen LogP contribution in [0.25, 0.3) is 0 Å². The molecule has 1 fully saturated rings. The van der Waals surface area contributed by atoms with Gasteiger partial charge in [0.2, 0.25) is 0 Å². The van der Waals surface area contributed by atoms with Crippen LogP contribution in [-0.2, 0) is 27.9 Å². The van der Waals surface area contributed by atoms with E-state index < -0.39 is 18.8 Å². The van der Waals surface area contributed by atoms with E-state index >= 15 is 0 Å². The van der Waals surface area contributed by atoms with Gasteiger partial charge in [-0.1, -0.05) is 0 Å². The van der Waals surface area contributed by atoms with Crippen LogP contribution < -0.4 is 5.09 Å². The fourth-order valence-corrected chi connectivity index (χ4v) is 4.16. The largest absolute Gasteiger partial charge is 0.464 e. The Labute approximate surface area is 163 Å². The number of hydrogen-bond donors (Lipinski definition) is 1. The highest BCUT2D eigenvalue weighted by Gasteiger charge is 2.32. The third kappa shape index (κ3) is 10.0. The molecule has 1 aliphatic heterocycles. The number of morpholine rings is 1. The number of hydrogen-bond acceptors (Lipinski definition) is 7. The fraction of sp³-hybridized carbons (Fsp3) is 0.944. The van der Waals surface area contributed by atoms with E-state index in [1.54, 1.807) is 27.7 Å². The average molecular weight is 408 g/mol. The first-order chi connectivity index (χ1) is 12.5. The van der Waals surface area contributed by atoms with Crippen molar-refractivity contribution in [2.24, 2.45) is 5.41 Å².